The third-order valence-corrected chi connectivity index (χ3v) is 4.05. The minimum atomic E-state index is -0.119. The van der Waals surface area contributed by atoms with Crippen LogP contribution in [0.2, 0.25) is 0 Å². The predicted molar refractivity (Wildman–Crippen MR) is 101 cm³/mol. The lowest BCUT2D eigenvalue weighted by atomic mass is 9.96. The molecule has 1 aliphatic rings. The van der Waals surface area contributed by atoms with E-state index in [1.54, 1.807) is 0 Å². The second-order valence-corrected chi connectivity index (χ2v) is 5.80. The summed E-state index contributed by atoms with van der Waals surface area (Å²) in [5.74, 6) is 1.00. The fraction of sp³-hybridized carbons (Fsp3) is 0.316. The molecular weight excluding hydrogens is 340 g/mol. The Kier molecular flexibility index (Phi) is 7.25. The largest absolute Gasteiger partial charge is 0.492 e. The van der Waals surface area contributed by atoms with Crippen LogP contribution in [0, 0.1) is 0 Å². The van der Waals surface area contributed by atoms with E-state index in [1.165, 1.54) is 0 Å². The highest BCUT2D eigenvalue weighted by Gasteiger charge is 2.18. The summed E-state index contributed by atoms with van der Waals surface area (Å²) in [6.45, 7) is 2.47. The maximum Gasteiger partial charge on any atom is 0.255 e. The van der Waals surface area contributed by atoms with Crippen molar-refractivity contribution in [3.8, 4) is 5.75 Å². The Labute approximate surface area is 153 Å². The molecule has 0 bridgehead atoms. The summed E-state index contributed by atoms with van der Waals surface area (Å²) in [6.07, 6.45) is 1.01. The number of carbonyl (C=O) groups excluding carboxylic acids is 1. The molecule has 2 aromatic carbocycles. The van der Waals surface area contributed by atoms with Crippen molar-refractivity contribution in [1.29, 1.82) is 0 Å². The van der Waals surface area contributed by atoms with Gasteiger partial charge in [0.1, 0.15) is 12.4 Å². The van der Waals surface area contributed by atoms with Crippen LogP contribution in [0.3, 0.4) is 0 Å². The first-order valence-corrected chi connectivity index (χ1v) is 8.18. The maximum atomic E-state index is 12.4. The molecule has 25 heavy (non-hydrogen) atoms. The molecule has 134 valence electrons. The average Bonchev–Trinajstić information content (AvgIpc) is 3.16. The van der Waals surface area contributed by atoms with Crippen LogP contribution in [0.4, 0.5) is 5.69 Å². The Morgan fingerprint density at radius 1 is 1.24 bits per heavy atom. The van der Waals surface area contributed by atoms with E-state index < -0.39 is 0 Å². The number of anilines is 1. The highest BCUT2D eigenvalue weighted by molar-refractivity contribution is 6.04. The Hall–Kier alpha value is -2.08. The average molecular weight is 363 g/mol. The van der Waals surface area contributed by atoms with Gasteiger partial charge in [-0.2, -0.15) is 0 Å². The number of hydrogen-bond donors (Lipinski definition) is 2. The van der Waals surface area contributed by atoms with E-state index in [2.05, 4.69) is 11.4 Å². The molecule has 3 N–H and O–H groups in total. The van der Waals surface area contributed by atoms with Crippen LogP contribution < -0.4 is 15.8 Å². The van der Waals surface area contributed by atoms with E-state index in [4.69, 9.17) is 15.2 Å². The molecule has 1 heterocycles. The summed E-state index contributed by atoms with van der Waals surface area (Å²) in [5.41, 5.74) is 7.95. The summed E-state index contributed by atoms with van der Waals surface area (Å²) < 4.78 is 10.8. The van der Waals surface area contributed by atoms with E-state index in [0.29, 0.717) is 24.6 Å². The first-order chi connectivity index (χ1) is 11.8. The van der Waals surface area contributed by atoms with Crippen molar-refractivity contribution in [2.45, 2.75) is 12.3 Å². The monoisotopic (exact) mass is 362 g/mol. The van der Waals surface area contributed by atoms with E-state index >= 15 is 0 Å². The zero-order valence-electron chi connectivity index (χ0n) is 13.9. The Balaban J connectivity index is 0.00000225. The molecule has 5 nitrogen and oxygen atoms in total. The molecule has 0 spiro atoms. The van der Waals surface area contributed by atoms with Crippen LogP contribution in [0.5, 0.6) is 5.75 Å². The lowest BCUT2D eigenvalue weighted by Crippen LogP contribution is -2.13. The molecule has 1 saturated heterocycles. The van der Waals surface area contributed by atoms with Gasteiger partial charge in [0.2, 0.25) is 0 Å². The fourth-order valence-corrected chi connectivity index (χ4v) is 2.75. The Morgan fingerprint density at radius 3 is 2.72 bits per heavy atom. The molecule has 6 heteroatoms. The third-order valence-electron chi connectivity index (χ3n) is 4.05. The molecule has 1 fully saturated rings. The standard InChI is InChI=1S/C19H22N2O3.ClH/c20-9-11-24-18-6-4-17(5-7-18)21-19(22)15-3-1-2-14(12-15)16-8-10-23-13-16;/h1-7,12,16H,8-11,13,20H2,(H,21,22);1H. The Morgan fingerprint density at radius 2 is 2.04 bits per heavy atom. The highest BCUT2D eigenvalue weighted by atomic mass is 35.5. The number of ether oxygens (including phenoxy) is 2. The molecular formula is C19H23ClN2O3. The summed E-state index contributed by atoms with van der Waals surface area (Å²) >= 11 is 0. The highest BCUT2D eigenvalue weighted by Crippen LogP contribution is 2.26. The number of amides is 1. The van der Waals surface area contributed by atoms with Crippen LogP contribution in [0.1, 0.15) is 28.3 Å². The lowest BCUT2D eigenvalue weighted by molar-refractivity contribution is 0.102. The zero-order valence-corrected chi connectivity index (χ0v) is 14.8. The van der Waals surface area contributed by atoms with Gasteiger partial charge in [-0.1, -0.05) is 12.1 Å². The van der Waals surface area contributed by atoms with Crippen molar-refractivity contribution in [3.05, 3.63) is 59.7 Å². The van der Waals surface area contributed by atoms with Crippen LogP contribution in [0.15, 0.2) is 48.5 Å². The quantitative estimate of drug-likeness (QED) is 0.827. The number of benzene rings is 2. The molecule has 2 aromatic rings. The summed E-state index contributed by atoms with van der Waals surface area (Å²) in [7, 11) is 0. The van der Waals surface area contributed by atoms with Gasteiger partial charge < -0.3 is 20.5 Å². The molecule has 3 rings (SSSR count). The van der Waals surface area contributed by atoms with Crippen molar-refractivity contribution in [2.75, 3.05) is 31.7 Å². The molecule has 1 unspecified atom stereocenters. The topological polar surface area (TPSA) is 73.6 Å². The molecule has 1 aliphatic heterocycles. The zero-order chi connectivity index (χ0) is 16.8. The Bertz CT molecular complexity index is 685. The number of nitrogens with one attached hydrogen (secondary N) is 1. The first-order valence-electron chi connectivity index (χ1n) is 8.18. The van der Waals surface area contributed by atoms with Gasteiger partial charge in [0.05, 0.1) is 6.61 Å². The normalized spacial score (nSPS) is 16.1. The van der Waals surface area contributed by atoms with Gasteiger partial charge in [-0.15, -0.1) is 12.4 Å². The van der Waals surface area contributed by atoms with E-state index in [1.807, 2.05) is 42.5 Å². The second-order valence-electron chi connectivity index (χ2n) is 5.80. The maximum absolute atomic E-state index is 12.4. The van der Waals surface area contributed by atoms with Gasteiger partial charge in [-0.25, -0.2) is 0 Å². The van der Waals surface area contributed by atoms with Crippen LogP contribution in [-0.2, 0) is 4.74 Å². The van der Waals surface area contributed by atoms with Gasteiger partial charge in [-0.3, -0.25) is 4.79 Å². The SMILES string of the molecule is Cl.NCCOc1ccc(NC(=O)c2cccc(C3CCOC3)c2)cc1. The van der Waals surface area contributed by atoms with Crippen molar-refractivity contribution in [3.63, 3.8) is 0 Å². The first kappa shape index (κ1) is 19.2. The number of hydrogen-bond acceptors (Lipinski definition) is 4. The summed E-state index contributed by atoms with van der Waals surface area (Å²) in [4.78, 5) is 12.4. The number of halogens is 1. The van der Waals surface area contributed by atoms with Crippen molar-refractivity contribution in [2.24, 2.45) is 5.73 Å². The lowest BCUT2D eigenvalue weighted by Gasteiger charge is -2.11. The second kappa shape index (κ2) is 9.42. The minimum absolute atomic E-state index is 0. The van der Waals surface area contributed by atoms with Crippen molar-refractivity contribution < 1.29 is 14.3 Å². The van der Waals surface area contributed by atoms with Gasteiger partial charge in [-0.05, 0) is 48.4 Å². The number of carbonyl (C=O) groups is 1. The molecule has 1 amide bonds. The molecule has 0 saturated carbocycles. The van der Waals surface area contributed by atoms with Crippen LogP contribution in [0.25, 0.3) is 0 Å². The minimum Gasteiger partial charge on any atom is -0.492 e. The number of nitrogens with two attached hydrogens (primary N) is 1. The number of rotatable bonds is 6. The van der Waals surface area contributed by atoms with Crippen molar-refractivity contribution >= 4 is 24.0 Å². The molecule has 0 radical (unpaired) electrons. The molecule has 0 aliphatic carbocycles. The third kappa shape index (κ3) is 5.19. The fourth-order valence-electron chi connectivity index (χ4n) is 2.75. The summed E-state index contributed by atoms with van der Waals surface area (Å²) in [6, 6.07) is 15.0. The predicted octanol–water partition coefficient (Wildman–Crippen LogP) is 3.20. The van der Waals surface area contributed by atoms with Gasteiger partial charge in [0.25, 0.3) is 5.91 Å². The van der Waals surface area contributed by atoms with Gasteiger partial charge >= 0.3 is 0 Å². The molecule has 1 atom stereocenters. The van der Waals surface area contributed by atoms with Gasteiger partial charge in [0, 0.05) is 30.3 Å². The van der Waals surface area contributed by atoms with Crippen LogP contribution in [-0.4, -0.2) is 32.3 Å². The summed E-state index contributed by atoms with van der Waals surface area (Å²) in [5, 5.41) is 2.91. The van der Waals surface area contributed by atoms with E-state index in [9.17, 15) is 4.79 Å². The van der Waals surface area contributed by atoms with Crippen LogP contribution >= 0.6 is 12.4 Å². The van der Waals surface area contributed by atoms with Gasteiger partial charge in [0.15, 0.2) is 0 Å². The van der Waals surface area contributed by atoms with E-state index in [-0.39, 0.29) is 18.3 Å². The van der Waals surface area contributed by atoms with E-state index in [0.717, 1.165) is 36.6 Å². The molecule has 0 aromatic heterocycles. The smallest absolute Gasteiger partial charge is 0.255 e. The van der Waals surface area contributed by atoms with Crippen molar-refractivity contribution in [1.82, 2.24) is 0 Å².